The fourth-order valence-corrected chi connectivity index (χ4v) is 2.17. The lowest BCUT2D eigenvalue weighted by molar-refractivity contribution is 0.0683. The molecule has 0 amide bonds. The molecule has 2 nitrogen and oxygen atoms in total. The molecule has 0 spiro atoms. The Morgan fingerprint density at radius 2 is 1.89 bits per heavy atom. The van der Waals surface area contributed by atoms with Crippen LogP contribution in [0.2, 0.25) is 5.02 Å². The molecular weight excluding hydrogens is 258 g/mol. The van der Waals surface area contributed by atoms with Crippen molar-refractivity contribution >= 4 is 11.6 Å². The van der Waals surface area contributed by atoms with Gasteiger partial charge in [0.05, 0.1) is 6.10 Å². The Labute approximate surface area is 122 Å². The number of hydrogen-bond acceptors (Lipinski definition) is 2. The van der Waals surface area contributed by atoms with Crippen molar-refractivity contribution < 1.29 is 4.74 Å². The van der Waals surface area contributed by atoms with Gasteiger partial charge in [-0.1, -0.05) is 30.7 Å². The van der Waals surface area contributed by atoms with Crippen LogP contribution in [0.1, 0.15) is 32.8 Å². The molecule has 0 saturated heterocycles. The molecule has 0 aliphatic carbocycles. The zero-order valence-corrected chi connectivity index (χ0v) is 13.0. The quantitative estimate of drug-likeness (QED) is 0.742. The van der Waals surface area contributed by atoms with E-state index < -0.39 is 0 Å². The maximum absolute atomic E-state index is 5.92. The predicted octanol–water partition coefficient (Wildman–Crippen LogP) is 3.92. The van der Waals surface area contributed by atoms with Gasteiger partial charge in [-0.25, -0.2) is 0 Å². The molecule has 0 saturated carbocycles. The van der Waals surface area contributed by atoms with E-state index in [1.165, 1.54) is 5.56 Å². The van der Waals surface area contributed by atoms with E-state index in [2.05, 4.69) is 38.2 Å². The molecule has 0 bridgehead atoms. The van der Waals surface area contributed by atoms with Crippen molar-refractivity contribution in [2.45, 2.75) is 39.7 Å². The summed E-state index contributed by atoms with van der Waals surface area (Å²) >= 11 is 5.92. The average Bonchev–Trinajstić information content (AvgIpc) is 2.38. The summed E-state index contributed by atoms with van der Waals surface area (Å²) in [4.78, 5) is 0. The van der Waals surface area contributed by atoms with Crippen molar-refractivity contribution in [3.63, 3.8) is 0 Å². The average molecular weight is 284 g/mol. The summed E-state index contributed by atoms with van der Waals surface area (Å²) in [5.41, 5.74) is 1.34. The molecule has 1 unspecified atom stereocenters. The van der Waals surface area contributed by atoms with Crippen LogP contribution in [0.5, 0.6) is 0 Å². The number of nitrogens with one attached hydrogen (secondary N) is 1. The van der Waals surface area contributed by atoms with Gasteiger partial charge >= 0.3 is 0 Å². The van der Waals surface area contributed by atoms with E-state index in [1.54, 1.807) is 0 Å². The first-order valence-corrected chi connectivity index (χ1v) is 7.56. The highest BCUT2D eigenvalue weighted by Gasteiger charge is 2.10. The number of ether oxygens (including phenoxy) is 1. The van der Waals surface area contributed by atoms with Crippen molar-refractivity contribution in [2.75, 3.05) is 19.7 Å². The smallest absolute Gasteiger partial charge is 0.0518 e. The van der Waals surface area contributed by atoms with Crippen LogP contribution in [0.15, 0.2) is 24.3 Å². The normalized spacial score (nSPS) is 12.9. The lowest BCUT2D eigenvalue weighted by atomic mass is 9.96. The van der Waals surface area contributed by atoms with Crippen molar-refractivity contribution in [2.24, 2.45) is 5.92 Å². The molecule has 0 fully saturated rings. The molecular formula is C16H26ClNO. The summed E-state index contributed by atoms with van der Waals surface area (Å²) in [5.74, 6) is 0.611. The minimum Gasteiger partial charge on any atom is -0.379 e. The van der Waals surface area contributed by atoms with Crippen LogP contribution >= 0.6 is 11.6 Å². The van der Waals surface area contributed by atoms with Crippen LogP contribution in [0.25, 0.3) is 0 Å². The molecule has 0 aliphatic heterocycles. The molecule has 0 aromatic heterocycles. The maximum Gasteiger partial charge on any atom is 0.0518 e. The maximum atomic E-state index is 5.92. The third-order valence-electron chi connectivity index (χ3n) is 3.10. The summed E-state index contributed by atoms with van der Waals surface area (Å²) in [5, 5.41) is 4.24. The first kappa shape index (κ1) is 16.5. The van der Waals surface area contributed by atoms with Gasteiger partial charge in [0.2, 0.25) is 0 Å². The van der Waals surface area contributed by atoms with Crippen LogP contribution in [0, 0.1) is 5.92 Å². The summed E-state index contributed by atoms with van der Waals surface area (Å²) in [7, 11) is 0. The standard InChI is InChI=1S/C16H26ClNO/c1-4-18-12-15(9-10-19-13(2)3)11-14-5-7-16(17)8-6-14/h5-8,13,15,18H,4,9-12H2,1-3H3. The molecule has 1 aromatic carbocycles. The summed E-state index contributed by atoms with van der Waals surface area (Å²) in [6.07, 6.45) is 2.48. The van der Waals surface area contributed by atoms with Gasteiger partial charge in [0.1, 0.15) is 0 Å². The largest absolute Gasteiger partial charge is 0.379 e. The van der Waals surface area contributed by atoms with Crippen molar-refractivity contribution in [1.82, 2.24) is 5.32 Å². The zero-order chi connectivity index (χ0) is 14.1. The number of halogens is 1. The molecule has 1 N–H and O–H groups in total. The van der Waals surface area contributed by atoms with E-state index in [1.807, 2.05) is 12.1 Å². The third kappa shape index (κ3) is 7.56. The van der Waals surface area contributed by atoms with Crippen LogP contribution in [0.3, 0.4) is 0 Å². The SMILES string of the molecule is CCNCC(CCOC(C)C)Cc1ccc(Cl)cc1. The molecule has 0 aliphatic rings. The number of rotatable bonds is 9. The van der Waals surface area contributed by atoms with Crippen LogP contribution in [-0.4, -0.2) is 25.8 Å². The van der Waals surface area contributed by atoms with Gasteiger partial charge in [0.25, 0.3) is 0 Å². The Morgan fingerprint density at radius 3 is 2.47 bits per heavy atom. The zero-order valence-electron chi connectivity index (χ0n) is 12.3. The van der Waals surface area contributed by atoms with Crippen molar-refractivity contribution in [3.05, 3.63) is 34.9 Å². The molecule has 1 atom stereocenters. The van der Waals surface area contributed by atoms with Crippen LogP contribution in [-0.2, 0) is 11.2 Å². The Morgan fingerprint density at radius 1 is 1.21 bits per heavy atom. The number of benzene rings is 1. The van der Waals surface area contributed by atoms with E-state index in [-0.39, 0.29) is 0 Å². The highest BCUT2D eigenvalue weighted by atomic mass is 35.5. The van der Waals surface area contributed by atoms with Crippen LogP contribution < -0.4 is 5.32 Å². The second-order valence-electron chi connectivity index (χ2n) is 5.21. The first-order chi connectivity index (χ1) is 9.11. The van der Waals surface area contributed by atoms with E-state index in [9.17, 15) is 0 Å². The second kappa shape index (κ2) is 9.35. The fraction of sp³-hybridized carbons (Fsp3) is 0.625. The predicted molar refractivity (Wildman–Crippen MR) is 82.9 cm³/mol. The van der Waals surface area contributed by atoms with Crippen molar-refractivity contribution in [1.29, 1.82) is 0 Å². The topological polar surface area (TPSA) is 21.3 Å². The Balaban J connectivity index is 2.45. The van der Waals surface area contributed by atoms with Gasteiger partial charge < -0.3 is 10.1 Å². The highest BCUT2D eigenvalue weighted by molar-refractivity contribution is 6.30. The fourth-order valence-electron chi connectivity index (χ4n) is 2.05. The summed E-state index contributed by atoms with van der Waals surface area (Å²) < 4.78 is 5.66. The first-order valence-electron chi connectivity index (χ1n) is 7.18. The minimum absolute atomic E-state index is 0.315. The molecule has 3 heteroatoms. The van der Waals surface area contributed by atoms with E-state index in [4.69, 9.17) is 16.3 Å². The minimum atomic E-state index is 0.315. The summed E-state index contributed by atoms with van der Waals surface area (Å²) in [6, 6.07) is 8.16. The molecule has 19 heavy (non-hydrogen) atoms. The van der Waals surface area contributed by atoms with E-state index >= 15 is 0 Å². The number of hydrogen-bond donors (Lipinski definition) is 1. The van der Waals surface area contributed by atoms with Gasteiger partial charge in [-0.05, 0) is 63.4 Å². The van der Waals surface area contributed by atoms with Gasteiger partial charge in [0, 0.05) is 11.6 Å². The third-order valence-corrected chi connectivity index (χ3v) is 3.35. The Kier molecular flexibility index (Phi) is 8.11. The molecule has 1 aromatic rings. The highest BCUT2D eigenvalue weighted by Crippen LogP contribution is 2.15. The van der Waals surface area contributed by atoms with Crippen molar-refractivity contribution in [3.8, 4) is 0 Å². The Bertz CT molecular complexity index is 337. The lowest BCUT2D eigenvalue weighted by Gasteiger charge is -2.18. The summed E-state index contributed by atoms with van der Waals surface area (Å²) in [6.45, 7) is 9.20. The molecule has 1 rings (SSSR count). The van der Waals surface area contributed by atoms with Gasteiger partial charge in [-0.3, -0.25) is 0 Å². The Hall–Kier alpha value is -0.570. The monoisotopic (exact) mass is 283 g/mol. The second-order valence-corrected chi connectivity index (χ2v) is 5.65. The van der Waals surface area contributed by atoms with Gasteiger partial charge in [-0.2, -0.15) is 0 Å². The van der Waals surface area contributed by atoms with E-state index in [0.717, 1.165) is 37.6 Å². The molecule has 108 valence electrons. The lowest BCUT2D eigenvalue weighted by Crippen LogP contribution is -2.25. The van der Waals surface area contributed by atoms with Gasteiger partial charge in [-0.15, -0.1) is 0 Å². The van der Waals surface area contributed by atoms with Gasteiger partial charge in [0.15, 0.2) is 0 Å². The van der Waals surface area contributed by atoms with E-state index in [0.29, 0.717) is 12.0 Å². The molecule has 0 radical (unpaired) electrons. The van der Waals surface area contributed by atoms with Crippen LogP contribution in [0.4, 0.5) is 0 Å². The molecule has 0 heterocycles.